The minimum absolute atomic E-state index is 0.0387. The predicted molar refractivity (Wildman–Crippen MR) is 58.1 cm³/mol. The Morgan fingerprint density at radius 2 is 2.14 bits per heavy atom. The van der Waals surface area contributed by atoms with Crippen molar-refractivity contribution in [2.45, 2.75) is 45.6 Å². The van der Waals surface area contributed by atoms with Crippen LogP contribution in [0.2, 0.25) is 0 Å². The van der Waals surface area contributed by atoms with Crippen molar-refractivity contribution in [2.75, 3.05) is 13.1 Å². The van der Waals surface area contributed by atoms with Crippen LogP contribution in [0.15, 0.2) is 0 Å². The van der Waals surface area contributed by atoms with Gasteiger partial charge in [0, 0.05) is 12.0 Å². The van der Waals surface area contributed by atoms with Gasteiger partial charge >= 0.3 is 0 Å². The smallest absolute Gasteiger partial charge is 0.220 e. The SMILES string of the molecule is CCCC(C)(C)NC(=O)CC1CNC1. The summed E-state index contributed by atoms with van der Waals surface area (Å²) >= 11 is 0. The van der Waals surface area contributed by atoms with Crippen molar-refractivity contribution >= 4 is 5.91 Å². The summed E-state index contributed by atoms with van der Waals surface area (Å²) in [5.74, 6) is 0.766. The lowest BCUT2D eigenvalue weighted by atomic mass is 9.95. The highest BCUT2D eigenvalue weighted by atomic mass is 16.1. The molecule has 0 bridgehead atoms. The van der Waals surface area contributed by atoms with Crippen LogP contribution in [0.4, 0.5) is 0 Å². The predicted octanol–water partition coefficient (Wildman–Crippen LogP) is 1.29. The standard InChI is InChI=1S/C11H22N2O/c1-4-5-11(2,3)13-10(14)6-9-7-12-8-9/h9,12H,4-8H2,1-3H3,(H,13,14). The molecule has 0 atom stereocenters. The third-order valence-electron chi connectivity index (χ3n) is 2.69. The maximum Gasteiger partial charge on any atom is 0.220 e. The van der Waals surface area contributed by atoms with E-state index in [0.29, 0.717) is 12.3 Å². The molecule has 1 rings (SSSR count). The van der Waals surface area contributed by atoms with Crippen LogP contribution in [0.5, 0.6) is 0 Å². The maximum absolute atomic E-state index is 11.6. The third-order valence-corrected chi connectivity index (χ3v) is 2.69. The van der Waals surface area contributed by atoms with Gasteiger partial charge in [0.2, 0.25) is 5.91 Å². The van der Waals surface area contributed by atoms with E-state index in [9.17, 15) is 4.79 Å². The fourth-order valence-corrected chi connectivity index (χ4v) is 1.87. The van der Waals surface area contributed by atoms with Gasteiger partial charge in [0.25, 0.3) is 0 Å². The largest absolute Gasteiger partial charge is 0.351 e. The molecule has 1 fully saturated rings. The zero-order valence-corrected chi connectivity index (χ0v) is 9.52. The van der Waals surface area contributed by atoms with E-state index in [1.807, 2.05) is 0 Å². The molecular formula is C11H22N2O. The van der Waals surface area contributed by atoms with Crippen LogP contribution in [-0.4, -0.2) is 24.5 Å². The molecule has 1 aliphatic heterocycles. The molecule has 1 aliphatic rings. The van der Waals surface area contributed by atoms with Gasteiger partial charge in [0.1, 0.15) is 0 Å². The van der Waals surface area contributed by atoms with E-state index in [-0.39, 0.29) is 11.4 Å². The number of hydrogen-bond donors (Lipinski definition) is 2. The lowest BCUT2D eigenvalue weighted by molar-refractivity contribution is -0.124. The summed E-state index contributed by atoms with van der Waals surface area (Å²) in [5.41, 5.74) is -0.0387. The lowest BCUT2D eigenvalue weighted by Gasteiger charge is -2.30. The summed E-state index contributed by atoms with van der Waals surface area (Å²) < 4.78 is 0. The maximum atomic E-state index is 11.6. The van der Waals surface area contributed by atoms with Gasteiger partial charge in [0.15, 0.2) is 0 Å². The number of carbonyl (C=O) groups excluding carboxylic acids is 1. The topological polar surface area (TPSA) is 41.1 Å². The quantitative estimate of drug-likeness (QED) is 0.699. The molecule has 0 aromatic rings. The van der Waals surface area contributed by atoms with Crippen LogP contribution in [0.25, 0.3) is 0 Å². The molecule has 14 heavy (non-hydrogen) atoms. The Labute approximate surface area is 86.6 Å². The number of hydrogen-bond acceptors (Lipinski definition) is 2. The molecule has 0 aromatic carbocycles. The summed E-state index contributed by atoms with van der Waals surface area (Å²) in [5, 5.41) is 6.26. The summed E-state index contributed by atoms with van der Waals surface area (Å²) in [4.78, 5) is 11.6. The van der Waals surface area contributed by atoms with E-state index in [1.165, 1.54) is 0 Å². The fraction of sp³-hybridized carbons (Fsp3) is 0.909. The Kier molecular flexibility index (Phi) is 3.93. The average molecular weight is 198 g/mol. The van der Waals surface area contributed by atoms with Gasteiger partial charge in [-0.25, -0.2) is 0 Å². The molecule has 82 valence electrons. The van der Waals surface area contributed by atoms with Crippen LogP contribution in [0, 0.1) is 5.92 Å². The number of amides is 1. The van der Waals surface area contributed by atoms with Crippen LogP contribution in [0.3, 0.4) is 0 Å². The van der Waals surface area contributed by atoms with Crippen molar-refractivity contribution in [3.8, 4) is 0 Å². The van der Waals surface area contributed by atoms with Crippen LogP contribution >= 0.6 is 0 Å². The number of carbonyl (C=O) groups is 1. The molecule has 0 saturated carbocycles. The first-order chi connectivity index (χ1) is 6.53. The minimum atomic E-state index is -0.0387. The van der Waals surface area contributed by atoms with E-state index >= 15 is 0 Å². The molecule has 1 amide bonds. The second kappa shape index (κ2) is 4.78. The normalized spacial score (nSPS) is 17.6. The molecule has 3 heteroatoms. The number of nitrogens with one attached hydrogen (secondary N) is 2. The first kappa shape index (κ1) is 11.5. The zero-order chi connectivity index (χ0) is 10.6. The van der Waals surface area contributed by atoms with Crippen molar-refractivity contribution in [2.24, 2.45) is 5.92 Å². The minimum Gasteiger partial charge on any atom is -0.351 e. The summed E-state index contributed by atoms with van der Waals surface area (Å²) in [6.45, 7) is 8.33. The molecule has 3 nitrogen and oxygen atoms in total. The molecule has 0 aromatic heterocycles. The van der Waals surface area contributed by atoms with Gasteiger partial charge in [-0.15, -0.1) is 0 Å². The first-order valence-electron chi connectivity index (χ1n) is 5.55. The van der Waals surface area contributed by atoms with Crippen molar-refractivity contribution in [3.05, 3.63) is 0 Å². The van der Waals surface area contributed by atoms with Crippen molar-refractivity contribution in [1.29, 1.82) is 0 Å². The highest BCUT2D eigenvalue weighted by Crippen LogP contribution is 2.13. The Morgan fingerprint density at radius 3 is 2.57 bits per heavy atom. The van der Waals surface area contributed by atoms with E-state index in [0.717, 1.165) is 25.9 Å². The van der Waals surface area contributed by atoms with Gasteiger partial charge in [0.05, 0.1) is 0 Å². The fourth-order valence-electron chi connectivity index (χ4n) is 1.87. The van der Waals surface area contributed by atoms with Crippen molar-refractivity contribution in [1.82, 2.24) is 10.6 Å². The molecule has 2 N–H and O–H groups in total. The lowest BCUT2D eigenvalue weighted by Crippen LogP contribution is -2.48. The van der Waals surface area contributed by atoms with Gasteiger partial charge in [-0.2, -0.15) is 0 Å². The van der Waals surface area contributed by atoms with Crippen LogP contribution in [-0.2, 0) is 4.79 Å². The highest BCUT2D eigenvalue weighted by molar-refractivity contribution is 5.77. The molecular weight excluding hydrogens is 176 g/mol. The Bertz CT molecular complexity index is 197. The van der Waals surface area contributed by atoms with E-state index in [1.54, 1.807) is 0 Å². The monoisotopic (exact) mass is 198 g/mol. The van der Waals surface area contributed by atoms with E-state index in [2.05, 4.69) is 31.4 Å². The third kappa shape index (κ3) is 3.66. The van der Waals surface area contributed by atoms with Crippen molar-refractivity contribution in [3.63, 3.8) is 0 Å². The molecule has 0 aliphatic carbocycles. The Morgan fingerprint density at radius 1 is 1.50 bits per heavy atom. The molecule has 1 saturated heterocycles. The van der Waals surface area contributed by atoms with E-state index in [4.69, 9.17) is 0 Å². The Balaban J connectivity index is 2.23. The van der Waals surface area contributed by atoms with E-state index < -0.39 is 0 Å². The van der Waals surface area contributed by atoms with Crippen LogP contribution < -0.4 is 10.6 Å². The van der Waals surface area contributed by atoms with Gasteiger partial charge < -0.3 is 10.6 Å². The molecule has 0 radical (unpaired) electrons. The second-order valence-corrected chi connectivity index (χ2v) is 4.91. The average Bonchev–Trinajstić information content (AvgIpc) is 1.95. The van der Waals surface area contributed by atoms with Gasteiger partial charge in [-0.1, -0.05) is 13.3 Å². The zero-order valence-electron chi connectivity index (χ0n) is 9.52. The summed E-state index contributed by atoms with van der Waals surface area (Å²) in [6.07, 6.45) is 2.83. The molecule has 0 unspecified atom stereocenters. The highest BCUT2D eigenvalue weighted by Gasteiger charge is 2.24. The Hall–Kier alpha value is -0.570. The molecule has 1 heterocycles. The summed E-state index contributed by atoms with van der Waals surface area (Å²) in [6, 6.07) is 0. The molecule has 0 spiro atoms. The van der Waals surface area contributed by atoms with Crippen LogP contribution in [0.1, 0.15) is 40.0 Å². The van der Waals surface area contributed by atoms with Gasteiger partial charge in [-0.05, 0) is 39.3 Å². The van der Waals surface area contributed by atoms with Crippen molar-refractivity contribution < 1.29 is 4.79 Å². The first-order valence-corrected chi connectivity index (χ1v) is 5.55. The number of rotatable bonds is 5. The summed E-state index contributed by atoms with van der Waals surface area (Å²) in [7, 11) is 0. The second-order valence-electron chi connectivity index (χ2n) is 4.91. The van der Waals surface area contributed by atoms with Gasteiger partial charge in [-0.3, -0.25) is 4.79 Å².